The molecule has 0 amide bonds. The van der Waals surface area contributed by atoms with Crippen LogP contribution in [0.3, 0.4) is 0 Å². The molecule has 0 spiro atoms. The lowest BCUT2D eigenvalue weighted by Crippen LogP contribution is -1.83. The molecule has 0 aliphatic rings. The van der Waals surface area contributed by atoms with Gasteiger partial charge in [-0.15, -0.1) is 11.3 Å². The molecule has 0 aliphatic heterocycles. The quantitative estimate of drug-likeness (QED) is 0.272. The molecule has 0 unspecified atom stereocenters. The molecule has 0 saturated carbocycles. The molecule has 0 N–H and O–H groups in total. The van der Waals surface area contributed by atoms with Crippen LogP contribution < -0.4 is 0 Å². The number of benzene rings is 5. The summed E-state index contributed by atoms with van der Waals surface area (Å²) in [7, 11) is 0. The lowest BCUT2D eigenvalue weighted by molar-refractivity contribution is 1.58. The van der Waals surface area contributed by atoms with E-state index >= 15 is 0 Å². The highest BCUT2D eigenvalue weighted by molar-refractivity contribution is 7.26. The van der Waals surface area contributed by atoms with Crippen LogP contribution in [0.25, 0.3) is 53.6 Å². The lowest BCUT2D eigenvalue weighted by Gasteiger charge is -2.08. The van der Waals surface area contributed by atoms with Gasteiger partial charge < -0.3 is 0 Å². The van der Waals surface area contributed by atoms with Gasteiger partial charge in [-0.3, -0.25) is 0 Å². The third kappa shape index (κ3) is 3.24. The van der Waals surface area contributed by atoms with Crippen LogP contribution >= 0.6 is 11.3 Å². The molecule has 6 aromatic rings. The first-order valence-electron chi connectivity index (χ1n) is 10.5. The van der Waals surface area contributed by atoms with E-state index in [9.17, 15) is 0 Å². The van der Waals surface area contributed by atoms with Gasteiger partial charge in [0.2, 0.25) is 0 Å². The van der Waals surface area contributed by atoms with Crippen LogP contribution in [-0.2, 0) is 0 Å². The number of hydrogen-bond acceptors (Lipinski definition) is 1. The van der Waals surface area contributed by atoms with Gasteiger partial charge in [0.1, 0.15) is 0 Å². The second kappa shape index (κ2) is 7.54. The Balaban J connectivity index is 1.43. The van der Waals surface area contributed by atoms with Crippen molar-refractivity contribution in [1.29, 1.82) is 0 Å². The summed E-state index contributed by atoms with van der Waals surface area (Å²) in [6, 6.07) is 43.7. The van der Waals surface area contributed by atoms with E-state index in [2.05, 4.69) is 121 Å². The van der Waals surface area contributed by atoms with Gasteiger partial charge in [-0.25, -0.2) is 0 Å². The molecule has 0 radical (unpaired) electrons. The maximum atomic E-state index is 2.32. The Bertz CT molecular complexity index is 1510. The molecule has 0 atom stereocenters. The molecule has 6 rings (SSSR count). The lowest BCUT2D eigenvalue weighted by atomic mass is 9.96. The topological polar surface area (TPSA) is 0 Å². The number of rotatable bonds is 3. The molecule has 0 bridgehead atoms. The van der Waals surface area contributed by atoms with Gasteiger partial charge in [0, 0.05) is 20.2 Å². The van der Waals surface area contributed by atoms with Crippen LogP contribution in [0.4, 0.5) is 0 Å². The van der Waals surface area contributed by atoms with Gasteiger partial charge in [-0.1, -0.05) is 109 Å². The zero-order valence-corrected chi connectivity index (χ0v) is 17.8. The van der Waals surface area contributed by atoms with Gasteiger partial charge in [0.15, 0.2) is 0 Å². The van der Waals surface area contributed by atoms with E-state index in [-0.39, 0.29) is 0 Å². The smallest absolute Gasteiger partial charge is 0.0433 e. The summed E-state index contributed by atoms with van der Waals surface area (Å²) in [6.45, 7) is 0. The standard InChI is InChI=1S/C30H20S/c1-2-8-21(9-3-1)22-16-18-23(19-17-22)24-10-6-11-25(20-24)26-13-7-14-28-27-12-4-5-15-29(27)31-30(26)28/h1-20H. The molecular weight excluding hydrogens is 392 g/mol. The van der Waals surface area contributed by atoms with Crippen molar-refractivity contribution in [2.45, 2.75) is 0 Å². The van der Waals surface area contributed by atoms with E-state index < -0.39 is 0 Å². The van der Waals surface area contributed by atoms with Gasteiger partial charge in [0.25, 0.3) is 0 Å². The van der Waals surface area contributed by atoms with Crippen molar-refractivity contribution in [2.24, 2.45) is 0 Å². The maximum absolute atomic E-state index is 2.32. The second-order valence-electron chi connectivity index (χ2n) is 7.80. The van der Waals surface area contributed by atoms with Crippen molar-refractivity contribution in [2.75, 3.05) is 0 Å². The van der Waals surface area contributed by atoms with E-state index in [1.807, 2.05) is 11.3 Å². The van der Waals surface area contributed by atoms with Crippen LogP contribution in [-0.4, -0.2) is 0 Å². The molecule has 0 saturated heterocycles. The zero-order chi connectivity index (χ0) is 20.6. The summed E-state index contributed by atoms with van der Waals surface area (Å²) < 4.78 is 2.71. The molecule has 1 aromatic heterocycles. The molecule has 0 fully saturated rings. The SMILES string of the molecule is c1ccc(-c2ccc(-c3cccc(-c4cccc5c4sc4ccccc45)c3)cc2)cc1. The average molecular weight is 413 g/mol. The van der Waals surface area contributed by atoms with E-state index in [1.165, 1.54) is 53.6 Å². The van der Waals surface area contributed by atoms with Crippen LogP contribution in [0.2, 0.25) is 0 Å². The Morgan fingerprint density at radius 2 is 0.968 bits per heavy atom. The van der Waals surface area contributed by atoms with Gasteiger partial charge in [-0.05, 0) is 45.5 Å². The van der Waals surface area contributed by atoms with Crippen molar-refractivity contribution in [1.82, 2.24) is 0 Å². The van der Waals surface area contributed by atoms with Crippen molar-refractivity contribution in [3.8, 4) is 33.4 Å². The van der Waals surface area contributed by atoms with Crippen LogP contribution in [0.1, 0.15) is 0 Å². The molecule has 1 heteroatoms. The summed E-state index contributed by atoms with van der Waals surface area (Å²) >= 11 is 1.88. The van der Waals surface area contributed by atoms with Gasteiger partial charge in [-0.2, -0.15) is 0 Å². The predicted octanol–water partition coefficient (Wildman–Crippen LogP) is 9.06. The number of fused-ring (bicyclic) bond motifs is 3. The second-order valence-corrected chi connectivity index (χ2v) is 8.86. The Morgan fingerprint density at radius 3 is 1.81 bits per heavy atom. The Kier molecular flexibility index (Phi) is 4.40. The van der Waals surface area contributed by atoms with E-state index in [0.29, 0.717) is 0 Å². The first-order chi connectivity index (χ1) is 15.4. The van der Waals surface area contributed by atoms with Gasteiger partial charge >= 0.3 is 0 Å². The molecule has 31 heavy (non-hydrogen) atoms. The molecule has 0 nitrogen and oxygen atoms in total. The van der Waals surface area contributed by atoms with Crippen molar-refractivity contribution >= 4 is 31.5 Å². The van der Waals surface area contributed by atoms with Crippen molar-refractivity contribution < 1.29 is 0 Å². The highest BCUT2D eigenvalue weighted by Gasteiger charge is 2.10. The summed E-state index contributed by atoms with van der Waals surface area (Å²) in [5, 5.41) is 2.69. The highest BCUT2D eigenvalue weighted by Crippen LogP contribution is 2.40. The van der Waals surface area contributed by atoms with Crippen LogP contribution in [0.5, 0.6) is 0 Å². The normalized spacial score (nSPS) is 11.2. The number of hydrogen-bond donors (Lipinski definition) is 0. The first-order valence-corrected chi connectivity index (χ1v) is 11.3. The Hall–Kier alpha value is -3.68. The summed E-state index contributed by atoms with van der Waals surface area (Å²) in [4.78, 5) is 0. The van der Waals surface area contributed by atoms with Crippen molar-refractivity contribution in [3.63, 3.8) is 0 Å². The van der Waals surface area contributed by atoms with E-state index in [1.54, 1.807) is 0 Å². The maximum Gasteiger partial charge on any atom is 0.0433 e. The fraction of sp³-hybridized carbons (Fsp3) is 0. The minimum absolute atomic E-state index is 1.24. The zero-order valence-electron chi connectivity index (χ0n) is 17.0. The third-order valence-electron chi connectivity index (χ3n) is 5.90. The summed E-state index contributed by atoms with van der Waals surface area (Å²) in [5.41, 5.74) is 7.55. The predicted molar refractivity (Wildman–Crippen MR) is 136 cm³/mol. The van der Waals surface area contributed by atoms with Crippen LogP contribution in [0, 0.1) is 0 Å². The largest absolute Gasteiger partial charge is 0.135 e. The first kappa shape index (κ1) is 18.1. The average Bonchev–Trinajstić information content (AvgIpc) is 3.24. The molecular formula is C30H20S. The van der Waals surface area contributed by atoms with E-state index in [4.69, 9.17) is 0 Å². The van der Waals surface area contributed by atoms with E-state index in [0.717, 1.165) is 0 Å². The third-order valence-corrected chi connectivity index (χ3v) is 7.12. The summed E-state index contributed by atoms with van der Waals surface area (Å²) in [6.07, 6.45) is 0. The summed E-state index contributed by atoms with van der Waals surface area (Å²) in [5.74, 6) is 0. The van der Waals surface area contributed by atoms with Gasteiger partial charge in [0.05, 0.1) is 0 Å². The fourth-order valence-corrected chi connectivity index (χ4v) is 5.56. The fourth-order valence-electron chi connectivity index (χ4n) is 4.33. The Labute approximate surface area is 186 Å². The van der Waals surface area contributed by atoms with Crippen molar-refractivity contribution in [3.05, 3.63) is 121 Å². The Morgan fingerprint density at radius 1 is 0.387 bits per heavy atom. The monoisotopic (exact) mass is 412 g/mol. The molecule has 1 heterocycles. The van der Waals surface area contributed by atoms with Crippen LogP contribution in [0.15, 0.2) is 121 Å². The highest BCUT2D eigenvalue weighted by atomic mass is 32.1. The molecule has 0 aliphatic carbocycles. The minimum atomic E-state index is 1.24. The molecule has 146 valence electrons. The molecule has 5 aromatic carbocycles. The minimum Gasteiger partial charge on any atom is -0.135 e. The number of thiophene rings is 1.